The number of nitrogens with zero attached hydrogens (tertiary/aromatic N) is 2. The molecule has 2 aromatic rings. The maximum absolute atomic E-state index is 13.0. The molecule has 1 amide bonds. The van der Waals surface area contributed by atoms with Gasteiger partial charge in [0.25, 0.3) is 5.91 Å². The summed E-state index contributed by atoms with van der Waals surface area (Å²) in [6, 6.07) is 12.1. The van der Waals surface area contributed by atoms with Gasteiger partial charge in [0.1, 0.15) is 5.82 Å². The van der Waals surface area contributed by atoms with E-state index in [9.17, 15) is 4.79 Å². The zero-order valence-corrected chi connectivity index (χ0v) is 14.0. The van der Waals surface area contributed by atoms with Gasteiger partial charge in [-0.05, 0) is 48.7 Å². The number of amides is 1. The van der Waals surface area contributed by atoms with Gasteiger partial charge in [0.2, 0.25) is 0 Å². The predicted molar refractivity (Wildman–Crippen MR) is 95.4 cm³/mol. The third kappa shape index (κ3) is 2.46. The average Bonchev–Trinajstić information content (AvgIpc) is 2.96. The van der Waals surface area contributed by atoms with Crippen molar-refractivity contribution in [2.75, 3.05) is 4.90 Å². The molecule has 3 atom stereocenters. The highest BCUT2D eigenvalue weighted by Gasteiger charge is 2.63. The van der Waals surface area contributed by atoms with Crippen molar-refractivity contribution >= 4 is 17.8 Å². The largest absolute Gasteiger partial charge is 0.290 e. The molecule has 1 aromatic carbocycles. The van der Waals surface area contributed by atoms with Gasteiger partial charge < -0.3 is 0 Å². The Kier molecular flexibility index (Phi) is 3.75. The first-order chi connectivity index (χ1) is 11.7. The SMILES string of the molecule is CCC12CC1CCC2N(C(=O)/C=C/c1ccccc1)c1ccn[nH]1. The van der Waals surface area contributed by atoms with E-state index in [2.05, 4.69) is 17.1 Å². The number of anilines is 1. The van der Waals surface area contributed by atoms with Crippen LogP contribution in [0.4, 0.5) is 5.82 Å². The van der Waals surface area contributed by atoms with Crippen LogP contribution in [-0.4, -0.2) is 22.1 Å². The fourth-order valence-corrected chi connectivity index (χ4v) is 4.53. The highest BCUT2D eigenvalue weighted by atomic mass is 16.2. The lowest BCUT2D eigenvalue weighted by Gasteiger charge is -2.33. The Morgan fingerprint density at radius 2 is 2.17 bits per heavy atom. The molecule has 1 N–H and O–H groups in total. The van der Waals surface area contributed by atoms with Crippen molar-refractivity contribution in [1.29, 1.82) is 0 Å². The minimum Gasteiger partial charge on any atom is -0.290 e. The second-order valence-electron chi connectivity index (χ2n) is 6.98. The fraction of sp³-hybridized carbons (Fsp3) is 0.400. The molecule has 4 heteroatoms. The Morgan fingerprint density at radius 3 is 2.83 bits per heavy atom. The molecule has 24 heavy (non-hydrogen) atoms. The van der Waals surface area contributed by atoms with Gasteiger partial charge in [-0.3, -0.25) is 14.8 Å². The van der Waals surface area contributed by atoms with Gasteiger partial charge in [0.15, 0.2) is 0 Å². The molecule has 0 spiro atoms. The van der Waals surface area contributed by atoms with Crippen molar-refractivity contribution in [3.8, 4) is 0 Å². The highest BCUT2D eigenvalue weighted by molar-refractivity contribution is 6.03. The second kappa shape index (κ2) is 5.93. The first-order valence-electron chi connectivity index (χ1n) is 8.80. The summed E-state index contributed by atoms with van der Waals surface area (Å²) in [5.74, 6) is 1.64. The zero-order chi connectivity index (χ0) is 16.6. The number of carbonyl (C=O) groups is 1. The van der Waals surface area contributed by atoms with Crippen molar-refractivity contribution < 1.29 is 4.79 Å². The van der Waals surface area contributed by atoms with Crippen molar-refractivity contribution in [2.45, 2.75) is 38.6 Å². The number of hydrogen-bond donors (Lipinski definition) is 1. The van der Waals surface area contributed by atoms with E-state index in [0.29, 0.717) is 5.41 Å². The number of H-pyrrole nitrogens is 1. The molecule has 0 aliphatic heterocycles. The van der Waals surface area contributed by atoms with Gasteiger partial charge in [-0.2, -0.15) is 5.10 Å². The number of nitrogens with one attached hydrogen (secondary N) is 1. The Bertz CT molecular complexity index is 734. The van der Waals surface area contributed by atoms with Gasteiger partial charge in [0, 0.05) is 18.2 Å². The van der Waals surface area contributed by atoms with E-state index in [1.54, 1.807) is 12.3 Å². The van der Waals surface area contributed by atoms with Gasteiger partial charge in [-0.25, -0.2) is 0 Å². The molecule has 1 aromatic heterocycles. The summed E-state index contributed by atoms with van der Waals surface area (Å²) in [7, 11) is 0. The van der Waals surface area contributed by atoms with Crippen LogP contribution in [0.2, 0.25) is 0 Å². The molecular formula is C20H23N3O. The lowest BCUT2D eigenvalue weighted by Crippen LogP contribution is -2.44. The summed E-state index contributed by atoms with van der Waals surface area (Å²) in [4.78, 5) is 15.0. The third-order valence-electron chi connectivity index (χ3n) is 5.90. The molecule has 124 valence electrons. The van der Waals surface area contributed by atoms with Crippen LogP contribution in [0, 0.1) is 11.3 Å². The summed E-state index contributed by atoms with van der Waals surface area (Å²) < 4.78 is 0. The van der Waals surface area contributed by atoms with Crippen LogP contribution < -0.4 is 4.90 Å². The molecule has 2 saturated carbocycles. The number of fused-ring (bicyclic) bond motifs is 1. The standard InChI is InChI=1S/C20H23N3O/c1-2-20-14-16(20)9-10-17(20)23(18-12-13-21-22-18)19(24)11-8-15-6-4-3-5-7-15/h3-8,11-13,16-17H,2,9-10,14H2,1H3,(H,21,22)/b11-8+. The molecule has 4 rings (SSSR count). The summed E-state index contributed by atoms with van der Waals surface area (Å²) in [5.41, 5.74) is 1.36. The van der Waals surface area contributed by atoms with Gasteiger partial charge >= 0.3 is 0 Å². The maximum Gasteiger partial charge on any atom is 0.252 e. The van der Waals surface area contributed by atoms with E-state index < -0.39 is 0 Å². The van der Waals surface area contributed by atoms with E-state index >= 15 is 0 Å². The highest BCUT2D eigenvalue weighted by Crippen LogP contribution is 2.66. The predicted octanol–water partition coefficient (Wildman–Crippen LogP) is 4.03. The summed E-state index contributed by atoms with van der Waals surface area (Å²) >= 11 is 0. The van der Waals surface area contributed by atoms with Crippen molar-refractivity contribution in [3.63, 3.8) is 0 Å². The number of hydrogen-bond acceptors (Lipinski definition) is 2. The lowest BCUT2D eigenvalue weighted by atomic mass is 9.93. The van der Waals surface area contributed by atoms with Crippen molar-refractivity contribution in [2.24, 2.45) is 11.3 Å². The monoisotopic (exact) mass is 321 g/mol. The molecule has 2 aliphatic rings. The Morgan fingerprint density at radius 1 is 1.33 bits per heavy atom. The minimum atomic E-state index is 0.0356. The molecular weight excluding hydrogens is 298 g/mol. The smallest absolute Gasteiger partial charge is 0.252 e. The molecule has 2 aliphatic carbocycles. The lowest BCUT2D eigenvalue weighted by molar-refractivity contribution is -0.114. The van der Waals surface area contributed by atoms with Crippen LogP contribution in [0.15, 0.2) is 48.7 Å². The molecule has 4 nitrogen and oxygen atoms in total. The van der Waals surface area contributed by atoms with Crippen LogP contribution in [0.25, 0.3) is 6.08 Å². The second-order valence-corrected chi connectivity index (χ2v) is 6.98. The minimum absolute atomic E-state index is 0.0356. The summed E-state index contributed by atoms with van der Waals surface area (Å²) in [6.45, 7) is 2.26. The number of benzene rings is 1. The Balaban J connectivity index is 1.62. The van der Waals surface area contributed by atoms with Crippen LogP contribution in [0.3, 0.4) is 0 Å². The Hall–Kier alpha value is -2.36. The summed E-state index contributed by atoms with van der Waals surface area (Å²) in [6.07, 6.45) is 10.0. The summed E-state index contributed by atoms with van der Waals surface area (Å²) in [5, 5.41) is 7.05. The van der Waals surface area contributed by atoms with E-state index in [4.69, 9.17) is 0 Å². The topological polar surface area (TPSA) is 49.0 Å². The van der Waals surface area contributed by atoms with Crippen LogP contribution >= 0.6 is 0 Å². The molecule has 0 radical (unpaired) electrons. The molecule has 0 bridgehead atoms. The number of carbonyl (C=O) groups excluding carboxylic acids is 1. The van der Waals surface area contributed by atoms with E-state index in [-0.39, 0.29) is 11.9 Å². The fourth-order valence-electron chi connectivity index (χ4n) is 4.53. The quantitative estimate of drug-likeness (QED) is 0.845. The van der Waals surface area contributed by atoms with Gasteiger partial charge in [-0.15, -0.1) is 0 Å². The first-order valence-corrected chi connectivity index (χ1v) is 8.80. The average molecular weight is 321 g/mol. The molecule has 0 saturated heterocycles. The van der Waals surface area contributed by atoms with E-state index in [1.165, 1.54) is 12.8 Å². The molecule has 1 heterocycles. The van der Waals surface area contributed by atoms with E-state index in [1.807, 2.05) is 47.4 Å². The van der Waals surface area contributed by atoms with Crippen LogP contribution in [0.1, 0.15) is 38.2 Å². The Labute approximate surface area is 142 Å². The van der Waals surface area contributed by atoms with Crippen molar-refractivity contribution in [1.82, 2.24) is 10.2 Å². The van der Waals surface area contributed by atoms with Crippen molar-refractivity contribution in [3.05, 3.63) is 54.2 Å². The van der Waals surface area contributed by atoms with Crippen LogP contribution in [-0.2, 0) is 4.79 Å². The van der Waals surface area contributed by atoms with Gasteiger partial charge in [0.05, 0.1) is 6.20 Å². The normalized spacial score (nSPS) is 28.0. The zero-order valence-electron chi connectivity index (χ0n) is 14.0. The van der Waals surface area contributed by atoms with E-state index in [0.717, 1.165) is 30.1 Å². The van der Waals surface area contributed by atoms with Crippen LogP contribution in [0.5, 0.6) is 0 Å². The van der Waals surface area contributed by atoms with Gasteiger partial charge in [-0.1, -0.05) is 37.3 Å². The number of aromatic nitrogens is 2. The number of aromatic amines is 1. The number of rotatable bonds is 5. The molecule has 2 fully saturated rings. The maximum atomic E-state index is 13.0. The third-order valence-corrected chi connectivity index (χ3v) is 5.90. The first kappa shape index (κ1) is 15.2. The molecule has 3 unspecified atom stereocenters.